The number of nitrogens with one attached hydrogen (secondary N) is 2. The Morgan fingerprint density at radius 2 is 1.77 bits per heavy atom. The van der Waals surface area contributed by atoms with E-state index in [0.717, 1.165) is 36.2 Å². The van der Waals surface area contributed by atoms with Crippen molar-refractivity contribution in [2.75, 3.05) is 18.4 Å². The maximum atomic E-state index is 12.3. The first-order valence-corrected chi connectivity index (χ1v) is 9.43. The average molecular weight is 359 g/mol. The van der Waals surface area contributed by atoms with Crippen LogP contribution in [0.3, 0.4) is 0 Å². The Kier molecular flexibility index (Phi) is 5.51. The lowest BCUT2D eigenvalue weighted by molar-refractivity contribution is -0.139. The molecular weight excluding hydrogens is 330 g/mol. The van der Waals surface area contributed by atoms with E-state index in [4.69, 9.17) is 5.11 Å². The Labute approximate surface area is 155 Å². The van der Waals surface area contributed by atoms with Crippen LogP contribution in [0.4, 0.5) is 10.5 Å². The van der Waals surface area contributed by atoms with Gasteiger partial charge in [0.2, 0.25) is 0 Å². The van der Waals surface area contributed by atoms with E-state index >= 15 is 0 Å². The summed E-state index contributed by atoms with van der Waals surface area (Å²) in [6, 6.07) is 4.31. The van der Waals surface area contributed by atoms with E-state index in [9.17, 15) is 9.59 Å². The van der Waals surface area contributed by atoms with Gasteiger partial charge in [0.25, 0.3) is 0 Å². The number of amides is 2. The number of carbonyl (C=O) groups is 2. The summed E-state index contributed by atoms with van der Waals surface area (Å²) in [5.41, 5.74) is 4.16. The number of hydrogen-bond acceptors (Lipinski definition) is 3. The monoisotopic (exact) mass is 359 g/mol. The smallest absolute Gasteiger partial charge is 0.319 e. The van der Waals surface area contributed by atoms with E-state index in [1.54, 1.807) is 0 Å². The zero-order chi connectivity index (χ0) is 18.8. The number of hydrogen-bond donors (Lipinski definition) is 3. The molecule has 2 saturated carbocycles. The van der Waals surface area contributed by atoms with E-state index < -0.39 is 5.97 Å². The topological polar surface area (TPSA) is 81.7 Å². The SMILES string of the molecule is Cc1cc(C)c(NC(=O)NC2CC(N(CC(=O)O)CC3CC3)C2)c(C)c1. The molecule has 1 aromatic rings. The molecule has 0 spiro atoms. The molecule has 2 fully saturated rings. The van der Waals surface area contributed by atoms with Gasteiger partial charge < -0.3 is 15.7 Å². The van der Waals surface area contributed by atoms with Crippen LogP contribution in [0.2, 0.25) is 0 Å². The van der Waals surface area contributed by atoms with Crippen LogP contribution < -0.4 is 10.6 Å². The Bertz CT molecular complexity index is 671. The Balaban J connectivity index is 1.48. The van der Waals surface area contributed by atoms with Crippen molar-refractivity contribution in [3.63, 3.8) is 0 Å². The maximum absolute atomic E-state index is 12.3. The molecule has 0 heterocycles. The summed E-state index contributed by atoms with van der Waals surface area (Å²) in [7, 11) is 0. The number of carbonyl (C=O) groups excluding carboxylic acids is 1. The minimum Gasteiger partial charge on any atom is -0.480 e. The first-order chi connectivity index (χ1) is 12.3. The summed E-state index contributed by atoms with van der Waals surface area (Å²) >= 11 is 0. The third-order valence-electron chi connectivity index (χ3n) is 5.41. The number of anilines is 1. The van der Waals surface area contributed by atoms with E-state index in [0.29, 0.717) is 5.92 Å². The molecule has 1 aromatic carbocycles. The summed E-state index contributed by atoms with van der Waals surface area (Å²) in [6.07, 6.45) is 4.06. The molecule has 2 amide bonds. The first kappa shape index (κ1) is 18.7. The Hall–Kier alpha value is -2.08. The number of aryl methyl sites for hydroxylation is 3. The Morgan fingerprint density at radius 1 is 1.15 bits per heavy atom. The van der Waals surface area contributed by atoms with Crippen molar-refractivity contribution < 1.29 is 14.7 Å². The van der Waals surface area contributed by atoms with E-state index in [2.05, 4.69) is 27.7 Å². The van der Waals surface area contributed by atoms with Crippen LogP contribution in [-0.2, 0) is 4.79 Å². The summed E-state index contributed by atoms with van der Waals surface area (Å²) in [6.45, 7) is 7.01. The first-order valence-electron chi connectivity index (χ1n) is 9.43. The van der Waals surface area contributed by atoms with Gasteiger partial charge in [0, 0.05) is 24.3 Å². The van der Waals surface area contributed by atoms with Gasteiger partial charge in [0.15, 0.2) is 0 Å². The van der Waals surface area contributed by atoms with Crippen LogP contribution in [0, 0.1) is 26.7 Å². The number of rotatable bonds is 7. The van der Waals surface area contributed by atoms with Crippen LogP contribution in [-0.4, -0.2) is 47.2 Å². The number of aliphatic carboxylic acids is 1. The van der Waals surface area contributed by atoms with Gasteiger partial charge in [-0.15, -0.1) is 0 Å². The zero-order valence-electron chi connectivity index (χ0n) is 15.8. The second kappa shape index (κ2) is 7.66. The lowest BCUT2D eigenvalue weighted by atomic mass is 9.85. The standard InChI is InChI=1S/C20H29N3O3/c1-12-6-13(2)19(14(3)7-12)22-20(26)21-16-8-17(9-16)23(11-18(24)25)10-15-4-5-15/h6-7,15-17H,4-5,8-11H2,1-3H3,(H,24,25)(H2,21,22,26). The highest BCUT2D eigenvalue weighted by molar-refractivity contribution is 5.91. The zero-order valence-corrected chi connectivity index (χ0v) is 15.8. The number of benzene rings is 1. The number of nitrogens with zero attached hydrogens (tertiary/aromatic N) is 1. The van der Waals surface area contributed by atoms with Gasteiger partial charge in [0.05, 0.1) is 6.54 Å². The van der Waals surface area contributed by atoms with E-state index in [1.807, 2.05) is 20.8 Å². The molecular formula is C20H29N3O3. The van der Waals surface area contributed by atoms with Crippen molar-refractivity contribution >= 4 is 17.7 Å². The Morgan fingerprint density at radius 3 is 2.31 bits per heavy atom. The molecule has 0 aliphatic heterocycles. The fourth-order valence-electron chi connectivity index (χ4n) is 3.86. The quantitative estimate of drug-likeness (QED) is 0.699. The van der Waals surface area contributed by atoms with Crippen LogP contribution in [0.1, 0.15) is 42.4 Å². The third-order valence-corrected chi connectivity index (χ3v) is 5.41. The second-order valence-corrected chi connectivity index (χ2v) is 7.96. The predicted octanol–water partition coefficient (Wildman–Crippen LogP) is 3.06. The van der Waals surface area contributed by atoms with Gasteiger partial charge in [-0.25, -0.2) is 4.79 Å². The van der Waals surface area contributed by atoms with Crippen LogP contribution in [0.25, 0.3) is 0 Å². The molecule has 2 aliphatic rings. The van der Waals surface area contributed by atoms with Crippen LogP contribution in [0.15, 0.2) is 12.1 Å². The summed E-state index contributed by atoms with van der Waals surface area (Å²) in [5, 5.41) is 15.1. The minimum absolute atomic E-state index is 0.0990. The molecule has 0 aromatic heterocycles. The normalized spacial score (nSPS) is 22.0. The fraction of sp³-hybridized carbons (Fsp3) is 0.600. The lowest BCUT2D eigenvalue weighted by Crippen LogP contribution is -2.55. The van der Waals surface area contributed by atoms with Gasteiger partial charge >= 0.3 is 12.0 Å². The van der Waals surface area contributed by atoms with Gasteiger partial charge in [-0.2, -0.15) is 0 Å². The molecule has 0 atom stereocenters. The summed E-state index contributed by atoms with van der Waals surface area (Å²) in [5.74, 6) is -0.109. The highest BCUT2D eigenvalue weighted by atomic mass is 16.4. The highest BCUT2D eigenvalue weighted by Crippen LogP contribution is 2.33. The number of carboxylic acid groups (broad SMARTS) is 1. The molecule has 0 saturated heterocycles. The molecule has 0 radical (unpaired) electrons. The molecule has 2 aliphatic carbocycles. The van der Waals surface area contributed by atoms with Crippen LogP contribution >= 0.6 is 0 Å². The van der Waals surface area contributed by atoms with Crippen molar-refractivity contribution in [3.05, 3.63) is 28.8 Å². The van der Waals surface area contributed by atoms with Gasteiger partial charge in [-0.1, -0.05) is 17.7 Å². The van der Waals surface area contributed by atoms with Gasteiger partial charge in [-0.3, -0.25) is 9.69 Å². The van der Waals surface area contributed by atoms with E-state index in [-0.39, 0.29) is 24.7 Å². The lowest BCUT2D eigenvalue weighted by Gasteiger charge is -2.42. The molecule has 142 valence electrons. The van der Waals surface area contributed by atoms with Crippen LogP contribution in [0.5, 0.6) is 0 Å². The van der Waals surface area contributed by atoms with Gasteiger partial charge in [0.1, 0.15) is 0 Å². The van der Waals surface area contributed by atoms with Crippen molar-refractivity contribution in [2.45, 2.75) is 58.5 Å². The van der Waals surface area contributed by atoms with Crippen molar-refractivity contribution in [2.24, 2.45) is 5.92 Å². The minimum atomic E-state index is -0.773. The largest absolute Gasteiger partial charge is 0.480 e. The second-order valence-electron chi connectivity index (χ2n) is 7.96. The third kappa shape index (κ3) is 4.75. The molecule has 6 nitrogen and oxygen atoms in total. The average Bonchev–Trinajstić information content (AvgIpc) is 3.29. The summed E-state index contributed by atoms with van der Waals surface area (Å²) < 4.78 is 0. The number of carboxylic acids is 1. The predicted molar refractivity (Wildman–Crippen MR) is 102 cm³/mol. The van der Waals surface area contributed by atoms with E-state index in [1.165, 1.54) is 18.4 Å². The molecule has 3 N–H and O–H groups in total. The van der Waals surface area contributed by atoms with Crippen molar-refractivity contribution in [1.29, 1.82) is 0 Å². The molecule has 0 bridgehead atoms. The molecule has 0 unspecified atom stereocenters. The molecule has 26 heavy (non-hydrogen) atoms. The van der Waals surface area contributed by atoms with Gasteiger partial charge in [-0.05, 0) is 63.5 Å². The number of urea groups is 1. The molecule has 6 heteroatoms. The van der Waals surface area contributed by atoms with Crippen molar-refractivity contribution in [1.82, 2.24) is 10.2 Å². The summed E-state index contributed by atoms with van der Waals surface area (Å²) in [4.78, 5) is 25.5. The fourth-order valence-corrected chi connectivity index (χ4v) is 3.86. The molecule has 3 rings (SSSR count). The van der Waals surface area contributed by atoms with Crippen molar-refractivity contribution in [3.8, 4) is 0 Å². The highest BCUT2D eigenvalue weighted by Gasteiger charge is 2.37. The maximum Gasteiger partial charge on any atom is 0.319 e.